The standard InChI is InChI=1S/C32H32F5NO/c1-2-3-4-5-6-7-23-9-16-29(38-20-23)26-14-15-27-25(19-26)13-12-24(31(27)34)11-8-22-10-17-30(28(33)18-22)39-21-32(35,36)37/h9-10,12-20H,2-8,11,21H2,1H3. The third-order valence-electron chi connectivity index (χ3n) is 6.79. The van der Waals surface area contributed by atoms with E-state index in [2.05, 4.69) is 22.7 Å². The molecule has 0 aliphatic heterocycles. The molecule has 4 aromatic rings. The summed E-state index contributed by atoms with van der Waals surface area (Å²) in [6.07, 6.45) is 5.21. The van der Waals surface area contributed by atoms with Gasteiger partial charge in [0.05, 0.1) is 5.69 Å². The zero-order valence-electron chi connectivity index (χ0n) is 22.0. The molecule has 0 atom stereocenters. The summed E-state index contributed by atoms with van der Waals surface area (Å²) in [6, 6.07) is 17.0. The Bertz CT molecular complexity index is 1380. The van der Waals surface area contributed by atoms with Gasteiger partial charge in [-0.25, -0.2) is 8.78 Å². The maximum atomic E-state index is 15.3. The van der Waals surface area contributed by atoms with Crippen molar-refractivity contribution in [2.24, 2.45) is 0 Å². The quantitative estimate of drug-likeness (QED) is 0.132. The smallest absolute Gasteiger partial charge is 0.422 e. The molecule has 0 spiro atoms. The van der Waals surface area contributed by atoms with Gasteiger partial charge in [0.2, 0.25) is 0 Å². The first kappa shape index (κ1) is 28.5. The van der Waals surface area contributed by atoms with Crippen molar-refractivity contribution in [2.75, 3.05) is 6.61 Å². The number of unbranched alkanes of at least 4 members (excludes halogenated alkanes) is 4. The van der Waals surface area contributed by atoms with Gasteiger partial charge in [0.25, 0.3) is 0 Å². The Morgan fingerprint density at radius 3 is 2.28 bits per heavy atom. The summed E-state index contributed by atoms with van der Waals surface area (Å²) in [6.45, 7) is 0.648. The van der Waals surface area contributed by atoms with E-state index >= 15 is 4.39 Å². The number of aromatic nitrogens is 1. The molecule has 206 valence electrons. The van der Waals surface area contributed by atoms with Crippen molar-refractivity contribution >= 4 is 10.8 Å². The Morgan fingerprint density at radius 2 is 1.56 bits per heavy atom. The van der Waals surface area contributed by atoms with Crippen molar-refractivity contribution in [3.05, 3.63) is 95.2 Å². The molecule has 0 saturated heterocycles. The molecule has 7 heteroatoms. The average molecular weight is 542 g/mol. The fourth-order valence-corrected chi connectivity index (χ4v) is 4.62. The highest BCUT2D eigenvalue weighted by Gasteiger charge is 2.29. The summed E-state index contributed by atoms with van der Waals surface area (Å²) in [5.74, 6) is -1.68. The van der Waals surface area contributed by atoms with E-state index in [-0.39, 0.29) is 5.82 Å². The van der Waals surface area contributed by atoms with E-state index in [0.29, 0.717) is 29.4 Å². The first-order valence-corrected chi connectivity index (χ1v) is 13.4. The predicted octanol–water partition coefficient (Wildman–Crippen LogP) is 9.42. The van der Waals surface area contributed by atoms with Crippen LogP contribution in [-0.2, 0) is 19.3 Å². The summed E-state index contributed by atoms with van der Waals surface area (Å²) in [5.41, 5.74) is 3.98. The number of alkyl halides is 3. The Balaban J connectivity index is 1.39. The van der Waals surface area contributed by atoms with Crippen LogP contribution in [0, 0.1) is 11.6 Å². The number of nitrogens with zero attached hydrogens (tertiary/aromatic N) is 1. The molecular weight excluding hydrogens is 509 g/mol. The highest BCUT2D eigenvalue weighted by atomic mass is 19.4. The van der Waals surface area contributed by atoms with Gasteiger partial charge in [0, 0.05) is 17.1 Å². The second-order valence-electron chi connectivity index (χ2n) is 9.86. The number of pyridine rings is 1. The molecule has 0 unspecified atom stereocenters. The molecule has 0 bridgehead atoms. The lowest BCUT2D eigenvalue weighted by molar-refractivity contribution is -0.153. The molecule has 39 heavy (non-hydrogen) atoms. The molecule has 3 aromatic carbocycles. The van der Waals surface area contributed by atoms with Crippen molar-refractivity contribution < 1.29 is 26.7 Å². The molecule has 0 N–H and O–H groups in total. The van der Waals surface area contributed by atoms with E-state index in [0.717, 1.165) is 35.6 Å². The number of aryl methyl sites for hydroxylation is 3. The highest BCUT2D eigenvalue weighted by Crippen LogP contribution is 2.28. The van der Waals surface area contributed by atoms with E-state index in [1.54, 1.807) is 12.1 Å². The van der Waals surface area contributed by atoms with Gasteiger partial charge < -0.3 is 4.74 Å². The maximum absolute atomic E-state index is 15.3. The third-order valence-corrected chi connectivity index (χ3v) is 6.79. The van der Waals surface area contributed by atoms with Gasteiger partial charge in [0.15, 0.2) is 18.2 Å². The van der Waals surface area contributed by atoms with Crippen LogP contribution >= 0.6 is 0 Å². The summed E-state index contributed by atoms with van der Waals surface area (Å²) < 4.78 is 70.9. The molecule has 4 rings (SSSR count). The number of ether oxygens (including phenoxy) is 1. The van der Waals surface area contributed by atoms with Crippen molar-refractivity contribution in [3.8, 4) is 17.0 Å². The van der Waals surface area contributed by atoms with E-state index in [4.69, 9.17) is 0 Å². The zero-order valence-corrected chi connectivity index (χ0v) is 22.0. The van der Waals surface area contributed by atoms with Gasteiger partial charge in [-0.2, -0.15) is 13.2 Å². The van der Waals surface area contributed by atoms with Crippen molar-refractivity contribution in [3.63, 3.8) is 0 Å². The Kier molecular flexibility index (Phi) is 9.54. The summed E-state index contributed by atoms with van der Waals surface area (Å²) in [4.78, 5) is 4.62. The summed E-state index contributed by atoms with van der Waals surface area (Å²) >= 11 is 0. The molecule has 0 aliphatic rings. The van der Waals surface area contributed by atoms with E-state index in [9.17, 15) is 17.6 Å². The molecule has 0 fully saturated rings. The van der Waals surface area contributed by atoms with E-state index in [1.807, 2.05) is 30.5 Å². The van der Waals surface area contributed by atoms with Gasteiger partial charge in [-0.3, -0.25) is 4.98 Å². The zero-order chi connectivity index (χ0) is 27.8. The van der Waals surface area contributed by atoms with Crippen LogP contribution in [0.1, 0.15) is 55.7 Å². The topological polar surface area (TPSA) is 22.1 Å². The lowest BCUT2D eigenvalue weighted by Crippen LogP contribution is -2.19. The number of rotatable bonds is 12. The van der Waals surface area contributed by atoms with Crippen LogP contribution in [0.15, 0.2) is 66.9 Å². The van der Waals surface area contributed by atoms with Gasteiger partial charge in [-0.15, -0.1) is 0 Å². The number of hydrogen-bond acceptors (Lipinski definition) is 2. The van der Waals surface area contributed by atoms with Crippen LogP contribution in [0.4, 0.5) is 22.0 Å². The first-order valence-electron chi connectivity index (χ1n) is 13.4. The van der Waals surface area contributed by atoms with Crippen LogP contribution < -0.4 is 4.74 Å². The number of fused-ring (bicyclic) bond motifs is 1. The number of hydrogen-bond donors (Lipinski definition) is 0. The minimum absolute atomic E-state index is 0.313. The highest BCUT2D eigenvalue weighted by molar-refractivity contribution is 5.88. The monoisotopic (exact) mass is 541 g/mol. The molecule has 1 heterocycles. The number of benzene rings is 3. The Labute approximate surface area is 225 Å². The molecule has 0 aliphatic carbocycles. The van der Waals surface area contributed by atoms with Crippen LogP contribution in [-0.4, -0.2) is 17.8 Å². The van der Waals surface area contributed by atoms with E-state index < -0.39 is 24.3 Å². The molecule has 0 amide bonds. The molecular formula is C32H32F5NO. The molecule has 1 aromatic heterocycles. The largest absolute Gasteiger partial charge is 0.481 e. The van der Waals surface area contributed by atoms with Crippen molar-refractivity contribution in [2.45, 2.75) is 64.5 Å². The fourth-order valence-electron chi connectivity index (χ4n) is 4.62. The normalized spacial score (nSPS) is 11.7. The SMILES string of the molecule is CCCCCCCc1ccc(-c2ccc3c(F)c(CCc4ccc(OCC(F)(F)F)c(F)c4)ccc3c2)nc1. The number of halogens is 5. The van der Waals surface area contributed by atoms with Gasteiger partial charge in [0.1, 0.15) is 5.82 Å². The second-order valence-corrected chi connectivity index (χ2v) is 9.86. The molecule has 2 nitrogen and oxygen atoms in total. The average Bonchev–Trinajstić information content (AvgIpc) is 2.92. The first-order chi connectivity index (χ1) is 18.7. The summed E-state index contributed by atoms with van der Waals surface area (Å²) in [5, 5.41) is 1.25. The Morgan fingerprint density at radius 1 is 0.769 bits per heavy atom. The maximum Gasteiger partial charge on any atom is 0.422 e. The van der Waals surface area contributed by atoms with Gasteiger partial charge >= 0.3 is 6.18 Å². The third kappa shape index (κ3) is 8.01. The van der Waals surface area contributed by atoms with Crippen LogP contribution in [0.2, 0.25) is 0 Å². The summed E-state index contributed by atoms with van der Waals surface area (Å²) in [7, 11) is 0. The van der Waals surface area contributed by atoms with Gasteiger partial charge in [-0.1, -0.05) is 69.0 Å². The van der Waals surface area contributed by atoms with E-state index in [1.165, 1.54) is 43.4 Å². The lowest BCUT2D eigenvalue weighted by Gasteiger charge is -2.11. The Hall–Kier alpha value is -3.48. The van der Waals surface area contributed by atoms with Crippen molar-refractivity contribution in [1.29, 1.82) is 0 Å². The van der Waals surface area contributed by atoms with Crippen LogP contribution in [0.25, 0.3) is 22.0 Å². The van der Waals surface area contributed by atoms with Crippen LogP contribution in [0.5, 0.6) is 5.75 Å². The molecule has 0 saturated carbocycles. The fraction of sp³-hybridized carbons (Fsp3) is 0.344. The minimum Gasteiger partial charge on any atom is -0.481 e. The van der Waals surface area contributed by atoms with Crippen LogP contribution in [0.3, 0.4) is 0 Å². The molecule has 0 radical (unpaired) electrons. The predicted molar refractivity (Wildman–Crippen MR) is 145 cm³/mol. The minimum atomic E-state index is -4.55. The van der Waals surface area contributed by atoms with Crippen molar-refractivity contribution in [1.82, 2.24) is 4.98 Å². The van der Waals surface area contributed by atoms with Gasteiger partial charge in [-0.05, 0) is 72.0 Å². The lowest BCUT2D eigenvalue weighted by atomic mass is 9.98. The second kappa shape index (κ2) is 13.0.